The molecule has 3 rings (SSSR count). The molecule has 0 unspecified atom stereocenters. The predicted molar refractivity (Wildman–Crippen MR) is 82.2 cm³/mol. The third kappa shape index (κ3) is 1.91. The van der Waals surface area contributed by atoms with Gasteiger partial charge >= 0.3 is 0 Å². The number of carbonyl (C=O) groups is 2. The van der Waals surface area contributed by atoms with Crippen molar-refractivity contribution in [2.75, 3.05) is 0 Å². The number of aromatic hydroxyl groups is 2. The van der Waals surface area contributed by atoms with Crippen LogP contribution in [0.2, 0.25) is 0 Å². The zero-order valence-corrected chi connectivity index (χ0v) is 12.7. The highest BCUT2D eigenvalue weighted by Gasteiger charge is 2.35. The first kappa shape index (κ1) is 14.9. The zero-order valence-electron chi connectivity index (χ0n) is 11.2. The standard InChI is InChI=1S/C16H10Cl2O4/c17-5-7-1-3-9-11(13(7)19)16(22)10-4-2-8(6-18)14(20)12(10)15(9)21/h1-4,19-20H,5-6H2. The predicted octanol–water partition coefficient (Wildman–Crippen LogP) is 3.35. The molecular formula is C16H10Cl2O4. The van der Waals surface area contributed by atoms with Gasteiger partial charge in [0.15, 0.2) is 11.6 Å². The maximum atomic E-state index is 12.6. The van der Waals surface area contributed by atoms with Crippen molar-refractivity contribution in [3.63, 3.8) is 0 Å². The molecule has 0 saturated heterocycles. The molecule has 0 amide bonds. The SMILES string of the molecule is O=C1c2ccc(CCl)c(O)c2C(=O)c2ccc(CCl)c(O)c21. The lowest BCUT2D eigenvalue weighted by Crippen LogP contribution is -2.22. The van der Waals surface area contributed by atoms with E-state index in [4.69, 9.17) is 23.2 Å². The minimum Gasteiger partial charge on any atom is -0.507 e. The number of ketones is 2. The van der Waals surface area contributed by atoms with Crippen molar-refractivity contribution in [1.82, 2.24) is 0 Å². The van der Waals surface area contributed by atoms with Gasteiger partial charge in [0.2, 0.25) is 0 Å². The molecule has 2 N–H and O–H groups in total. The van der Waals surface area contributed by atoms with Crippen LogP contribution in [0.4, 0.5) is 0 Å². The van der Waals surface area contributed by atoms with Crippen molar-refractivity contribution in [1.29, 1.82) is 0 Å². The second-order valence-electron chi connectivity index (χ2n) is 4.92. The molecule has 0 spiro atoms. The molecule has 4 nitrogen and oxygen atoms in total. The van der Waals surface area contributed by atoms with Crippen molar-refractivity contribution < 1.29 is 19.8 Å². The third-order valence-electron chi connectivity index (χ3n) is 3.75. The van der Waals surface area contributed by atoms with E-state index in [1.165, 1.54) is 24.3 Å². The van der Waals surface area contributed by atoms with Crippen LogP contribution in [0.25, 0.3) is 0 Å². The summed E-state index contributed by atoms with van der Waals surface area (Å²) in [7, 11) is 0. The molecule has 0 fully saturated rings. The van der Waals surface area contributed by atoms with Crippen LogP contribution in [0.3, 0.4) is 0 Å². The summed E-state index contributed by atoms with van der Waals surface area (Å²) in [6.45, 7) is 0. The number of alkyl halides is 2. The molecule has 0 aromatic heterocycles. The molecular weight excluding hydrogens is 327 g/mol. The minimum atomic E-state index is -0.523. The number of hydrogen-bond donors (Lipinski definition) is 2. The highest BCUT2D eigenvalue weighted by Crippen LogP contribution is 2.39. The monoisotopic (exact) mass is 336 g/mol. The lowest BCUT2D eigenvalue weighted by atomic mass is 9.81. The Hall–Kier alpha value is -2.04. The van der Waals surface area contributed by atoms with Gasteiger partial charge in [0.1, 0.15) is 11.5 Å². The van der Waals surface area contributed by atoms with Gasteiger partial charge in [-0.15, -0.1) is 23.2 Å². The molecule has 2 aromatic carbocycles. The minimum absolute atomic E-state index is 0.0177. The molecule has 1 aliphatic carbocycles. The summed E-state index contributed by atoms with van der Waals surface area (Å²) in [4.78, 5) is 25.2. The van der Waals surface area contributed by atoms with E-state index in [0.29, 0.717) is 11.1 Å². The van der Waals surface area contributed by atoms with E-state index in [-0.39, 0.29) is 45.5 Å². The molecule has 0 radical (unpaired) electrons. The van der Waals surface area contributed by atoms with Gasteiger partial charge in [0, 0.05) is 22.3 Å². The second kappa shape index (κ2) is 5.30. The van der Waals surface area contributed by atoms with Gasteiger partial charge in [-0.2, -0.15) is 0 Å². The fourth-order valence-corrected chi connectivity index (χ4v) is 3.02. The molecule has 112 valence electrons. The molecule has 22 heavy (non-hydrogen) atoms. The van der Waals surface area contributed by atoms with Gasteiger partial charge < -0.3 is 10.2 Å². The Morgan fingerprint density at radius 1 is 0.727 bits per heavy atom. The van der Waals surface area contributed by atoms with Crippen molar-refractivity contribution in [2.45, 2.75) is 11.8 Å². The van der Waals surface area contributed by atoms with Gasteiger partial charge in [-0.3, -0.25) is 9.59 Å². The lowest BCUT2D eigenvalue weighted by Gasteiger charge is -2.21. The van der Waals surface area contributed by atoms with Crippen LogP contribution >= 0.6 is 23.2 Å². The fraction of sp³-hybridized carbons (Fsp3) is 0.125. The van der Waals surface area contributed by atoms with Crippen LogP contribution in [-0.2, 0) is 11.8 Å². The van der Waals surface area contributed by atoms with E-state index in [9.17, 15) is 19.8 Å². The van der Waals surface area contributed by atoms with Crippen LogP contribution in [0.5, 0.6) is 11.5 Å². The number of fused-ring (bicyclic) bond motifs is 2. The molecule has 0 atom stereocenters. The fourth-order valence-electron chi connectivity index (χ4n) is 2.59. The Morgan fingerprint density at radius 2 is 1.09 bits per heavy atom. The third-order valence-corrected chi connectivity index (χ3v) is 4.33. The van der Waals surface area contributed by atoms with Crippen molar-refractivity contribution in [3.8, 4) is 11.5 Å². The van der Waals surface area contributed by atoms with Crippen molar-refractivity contribution >= 4 is 34.8 Å². The summed E-state index contributed by atoms with van der Waals surface area (Å²) >= 11 is 11.4. The van der Waals surface area contributed by atoms with Crippen molar-refractivity contribution in [2.24, 2.45) is 0 Å². The van der Waals surface area contributed by atoms with E-state index < -0.39 is 11.6 Å². The molecule has 1 aliphatic rings. The van der Waals surface area contributed by atoms with Crippen LogP contribution in [-0.4, -0.2) is 21.8 Å². The summed E-state index contributed by atoms with van der Waals surface area (Å²) in [6.07, 6.45) is 0. The van der Waals surface area contributed by atoms with Crippen molar-refractivity contribution in [3.05, 3.63) is 57.6 Å². The molecule has 6 heteroatoms. The maximum absolute atomic E-state index is 12.6. The molecule has 0 saturated carbocycles. The first-order valence-corrected chi connectivity index (χ1v) is 7.49. The summed E-state index contributed by atoms with van der Waals surface area (Å²) in [5.41, 5.74) is 0.678. The molecule has 0 bridgehead atoms. The van der Waals surface area contributed by atoms with E-state index in [1.807, 2.05) is 0 Å². The van der Waals surface area contributed by atoms with Gasteiger partial charge in [0.05, 0.1) is 22.9 Å². The second-order valence-corrected chi connectivity index (χ2v) is 5.45. The number of rotatable bonds is 2. The smallest absolute Gasteiger partial charge is 0.198 e. The van der Waals surface area contributed by atoms with Crippen LogP contribution in [0.15, 0.2) is 24.3 Å². The van der Waals surface area contributed by atoms with Gasteiger partial charge in [0.25, 0.3) is 0 Å². The summed E-state index contributed by atoms with van der Waals surface area (Å²) in [6, 6.07) is 5.84. The highest BCUT2D eigenvalue weighted by molar-refractivity contribution is 6.30. The molecule has 2 aromatic rings. The van der Waals surface area contributed by atoms with E-state index >= 15 is 0 Å². The van der Waals surface area contributed by atoms with Crippen LogP contribution in [0, 0.1) is 0 Å². The number of phenolic OH excluding ortho intramolecular Hbond substituents is 2. The number of carbonyl (C=O) groups excluding carboxylic acids is 2. The summed E-state index contributed by atoms with van der Waals surface area (Å²) in [5.74, 6) is -1.60. The average Bonchev–Trinajstić information content (AvgIpc) is 2.52. The molecule has 0 heterocycles. The van der Waals surface area contributed by atoms with Crippen LogP contribution < -0.4 is 0 Å². The Morgan fingerprint density at radius 3 is 1.41 bits per heavy atom. The number of phenols is 2. The largest absolute Gasteiger partial charge is 0.507 e. The Labute approximate surface area is 135 Å². The summed E-state index contributed by atoms with van der Waals surface area (Å²) in [5, 5.41) is 20.4. The number of halogens is 2. The van der Waals surface area contributed by atoms with Gasteiger partial charge in [-0.1, -0.05) is 12.1 Å². The normalized spacial score (nSPS) is 13.0. The summed E-state index contributed by atoms with van der Waals surface area (Å²) < 4.78 is 0. The van der Waals surface area contributed by atoms with E-state index in [2.05, 4.69) is 0 Å². The maximum Gasteiger partial charge on any atom is 0.198 e. The topological polar surface area (TPSA) is 74.6 Å². The van der Waals surface area contributed by atoms with Crippen LogP contribution in [0.1, 0.15) is 43.0 Å². The quantitative estimate of drug-likeness (QED) is 0.703. The molecule has 0 aliphatic heterocycles. The number of hydrogen-bond acceptors (Lipinski definition) is 4. The Kier molecular flexibility index (Phi) is 3.59. The van der Waals surface area contributed by atoms with Gasteiger partial charge in [-0.05, 0) is 12.1 Å². The average molecular weight is 337 g/mol. The lowest BCUT2D eigenvalue weighted by molar-refractivity contribution is 0.0974. The highest BCUT2D eigenvalue weighted by atomic mass is 35.5. The Balaban J connectivity index is 2.32. The zero-order chi connectivity index (χ0) is 16.0. The van der Waals surface area contributed by atoms with Gasteiger partial charge in [-0.25, -0.2) is 0 Å². The first-order chi connectivity index (χ1) is 10.5. The van der Waals surface area contributed by atoms with E-state index in [1.54, 1.807) is 0 Å². The number of benzene rings is 2. The Bertz CT molecular complexity index is 758. The first-order valence-electron chi connectivity index (χ1n) is 6.42. The van der Waals surface area contributed by atoms with E-state index in [0.717, 1.165) is 0 Å².